The third-order valence-corrected chi connectivity index (χ3v) is 5.90. The molecule has 1 aromatic heterocycles. The number of methoxy groups -OCH3 is 2. The number of aliphatic hydroxyl groups is 1. The van der Waals surface area contributed by atoms with E-state index in [1.54, 1.807) is 25.3 Å². The molecule has 0 bridgehead atoms. The molecule has 0 aliphatic carbocycles. The van der Waals surface area contributed by atoms with Crippen molar-refractivity contribution >= 4 is 11.0 Å². The van der Waals surface area contributed by atoms with Gasteiger partial charge in [-0.05, 0) is 32.1 Å². The van der Waals surface area contributed by atoms with Gasteiger partial charge < -0.3 is 23.9 Å². The molecule has 158 valence electrons. The molecular formula is C23H24FNO5. The Hall–Kier alpha value is -2.90. The number of benzene rings is 2. The zero-order chi connectivity index (χ0) is 21.4. The van der Waals surface area contributed by atoms with Crippen LogP contribution in [0, 0.1) is 5.82 Å². The van der Waals surface area contributed by atoms with Gasteiger partial charge in [-0.3, -0.25) is 4.79 Å². The molecule has 0 spiro atoms. The molecule has 2 aromatic carbocycles. The summed E-state index contributed by atoms with van der Waals surface area (Å²) in [7, 11) is 4.98. The highest BCUT2D eigenvalue weighted by Crippen LogP contribution is 2.44. The third-order valence-electron chi connectivity index (χ3n) is 5.90. The summed E-state index contributed by atoms with van der Waals surface area (Å²) < 4.78 is 31.1. The van der Waals surface area contributed by atoms with Gasteiger partial charge in [-0.2, -0.15) is 0 Å². The van der Waals surface area contributed by atoms with Crippen LogP contribution in [0.3, 0.4) is 0 Å². The van der Waals surface area contributed by atoms with Crippen LogP contribution in [-0.2, 0) is 0 Å². The fourth-order valence-electron chi connectivity index (χ4n) is 4.37. The Balaban J connectivity index is 2.05. The minimum atomic E-state index is -0.420. The molecule has 2 heterocycles. The number of fused-ring (bicyclic) bond motifs is 1. The predicted molar refractivity (Wildman–Crippen MR) is 112 cm³/mol. The van der Waals surface area contributed by atoms with E-state index in [2.05, 4.69) is 4.90 Å². The summed E-state index contributed by atoms with van der Waals surface area (Å²) in [5.41, 5.74) is 1.23. The van der Waals surface area contributed by atoms with E-state index in [0.717, 1.165) is 13.0 Å². The molecule has 0 amide bonds. The standard InChI is InChI=1S/C23H24FNO5/c1-25-8-7-15(16(25)12-26)21-19(28-2)11-20(29-3)22-17(27)10-18(30-23(21)22)13-5-4-6-14(24)9-13/h4-6,9-11,15-16,26H,7-8,12H2,1-3H3/t15-,16+/m1/s1. The summed E-state index contributed by atoms with van der Waals surface area (Å²) >= 11 is 0. The third kappa shape index (κ3) is 3.34. The number of likely N-dealkylation sites (N-methyl/N-ethyl adjacent to an activating group) is 1. The zero-order valence-corrected chi connectivity index (χ0v) is 17.1. The summed E-state index contributed by atoms with van der Waals surface area (Å²) in [4.78, 5) is 15.2. The molecule has 1 fully saturated rings. The van der Waals surface area contributed by atoms with Gasteiger partial charge in [0.15, 0.2) is 5.43 Å². The maximum Gasteiger partial charge on any atom is 0.197 e. The first-order valence-electron chi connectivity index (χ1n) is 9.78. The van der Waals surface area contributed by atoms with Gasteiger partial charge in [-0.1, -0.05) is 12.1 Å². The molecule has 30 heavy (non-hydrogen) atoms. The Bertz CT molecular complexity index is 1140. The van der Waals surface area contributed by atoms with E-state index < -0.39 is 5.82 Å². The minimum absolute atomic E-state index is 0.0360. The molecule has 1 aliphatic rings. The number of likely N-dealkylation sites (tertiary alicyclic amines) is 1. The zero-order valence-electron chi connectivity index (χ0n) is 17.1. The summed E-state index contributed by atoms with van der Waals surface area (Å²) in [6.07, 6.45) is 0.771. The van der Waals surface area contributed by atoms with Crippen molar-refractivity contribution in [2.24, 2.45) is 0 Å². The second-order valence-corrected chi connectivity index (χ2v) is 7.51. The minimum Gasteiger partial charge on any atom is -0.496 e. The highest BCUT2D eigenvalue weighted by atomic mass is 19.1. The monoisotopic (exact) mass is 413 g/mol. The largest absolute Gasteiger partial charge is 0.496 e. The number of ether oxygens (including phenoxy) is 2. The van der Waals surface area contributed by atoms with Crippen LogP contribution in [-0.4, -0.2) is 50.5 Å². The average Bonchev–Trinajstić information content (AvgIpc) is 3.12. The lowest BCUT2D eigenvalue weighted by molar-refractivity contribution is 0.171. The van der Waals surface area contributed by atoms with E-state index in [1.807, 2.05) is 7.05 Å². The summed E-state index contributed by atoms with van der Waals surface area (Å²) in [5, 5.41) is 10.3. The van der Waals surface area contributed by atoms with Gasteiger partial charge in [0, 0.05) is 35.2 Å². The molecule has 0 unspecified atom stereocenters. The van der Waals surface area contributed by atoms with Gasteiger partial charge in [0.1, 0.15) is 34.0 Å². The molecule has 4 rings (SSSR count). The van der Waals surface area contributed by atoms with Crippen LogP contribution in [0.2, 0.25) is 0 Å². The average molecular weight is 413 g/mol. The van der Waals surface area contributed by atoms with Crippen molar-refractivity contribution in [1.82, 2.24) is 4.90 Å². The fraction of sp³-hybridized carbons (Fsp3) is 0.348. The molecular weight excluding hydrogens is 389 g/mol. The Morgan fingerprint density at radius 2 is 1.97 bits per heavy atom. The van der Waals surface area contributed by atoms with E-state index in [1.165, 1.54) is 25.3 Å². The lowest BCUT2D eigenvalue weighted by Crippen LogP contribution is -2.32. The van der Waals surface area contributed by atoms with Crippen molar-refractivity contribution in [3.8, 4) is 22.8 Å². The smallest absolute Gasteiger partial charge is 0.197 e. The number of nitrogens with zero attached hydrogens (tertiary/aromatic N) is 1. The molecule has 0 radical (unpaired) electrons. The number of hydrogen-bond donors (Lipinski definition) is 1. The highest BCUT2D eigenvalue weighted by Gasteiger charge is 2.37. The molecule has 1 saturated heterocycles. The Morgan fingerprint density at radius 3 is 2.63 bits per heavy atom. The normalized spacial score (nSPS) is 19.4. The maximum absolute atomic E-state index is 13.8. The van der Waals surface area contributed by atoms with Crippen LogP contribution in [0.1, 0.15) is 17.9 Å². The lowest BCUT2D eigenvalue weighted by atomic mass is 9.89. The van der Waals surface area contributed by atoms with Crippen LogP contribution >= 0.6 is 0 Å². The van der Waals surface area contributed by atoms with E-state index in [4.69, 9.17) is 13.9 Å². The van der Waals surface area contributed by atoms with Crippen LogP contribution in [0.4, 0.5) is 4.39 Å². The van der Waals surface area contributed by atoms with Crippen molar-refractivity contribution in [1.29, 1.82) is 0 Å². The van der Waals surface area contributed by atoms with Gasteiger partial charge in [-0.15, -0.1) is 0 Å². The molecule has 1 aliphatic heterocycles. The molecule has 6 nitrogen and oxygen atoms in total. The molecule has 7 heteroatoms. The van der Waals surface area contributed by atoms with Crippen LogP contribution in [0.25, 0.3) is 22.3 Å². The highest BCUT2D eigenvalue weighted by molar-refractivity contribution is 5.90. The summed E-state index contributed by atoms with van der Waals surface area (Å²) in [6.45, 7) is 0.756. The van der Waals surface area contributed by atoms with E-state index in [-0.39, 0.29) is 29.8 Å². The number of halogens is 1. The Morgan fingerprint density at radius 1 is 1.20 bits per heavy atom. The van der Waals surface area contributed by atoms with Crippen molar-refractivity contribution in [2.75, 3.05) is 34.4 Å². The first kappa shape index (κ1) is 20.4. The van der Waals surface area contributed by atoms with Crippen molar-refractivity contribution < 1.29 is 23.4 Å². The molecule has 2 atom stereocenters. The topological polar surface area (TPSA) is 72.1 Å². The van der Waals surface area contributed by atoms with E-state index >= 15 is 0 Å². The van der Waals surface area contributed by atoms with Crippen molar-refractivity contribution in [3.05, 3.63) is 58.0 Å². The molecule has 1 N–H and O–H groups in total. The Kier molecular flexibility index (Phi) is 5.49. The second kappa shape index (κ2) is 8.08. The Labute approximate surface area is 173 Å². The van der Waals surface area contributed by atoms with Gasteiger partial charge in [-0.25, -0.2) is 4.39 Å². The second-order valence-electron chi connectivity index (χ2n) is 7.51. The first-order valence-corrected chi connectivity index (χ1v) is 9.78. The quantitative estimate of drug-likeness (QED) is 0.691. The number of rotatable bonds is 5. The first-order chi connectivity index (χ1) is 14.5. The van der Waals surface area contributed by atoms with Crippen LogP contribution in [0.5, 0.6) is 11.5 Å². The van der Waals surface area contributed by atoms with E-state index in [9.17, 15) is 14.3 Å². The molecule has 0 saturated carbocycles. The van der Waals surface area contributed by atoms with Gasteiger partial charge in [0.05, 0.1) is 20.8 Å². The maximum atomic E-state index is 13.8. The number of aliphatic hydroxyl groups excluding tert-OH is 1. The SMILES string of the molecule is COc1cc(OC)c2c(=O)cc(-c3cccc(F)c3)oc2c1[C@@H]1CCN(C)[C@H]1CO. The van der Waals surface area contributed by atoms with Gasteiger partial charge in [0.25, 0.3) is 0 Å². The molecule has 3 aromatic rings. The van der Waals surface area contributed by atoms with E-state index in [0.29, 0.717) is 33.6 Å². The van der Waals surface area contributed by atoms with Gasteiger partial charge >= 0.3 is 0 Å². The van der Waals surface area contributed by atoms with Gasteiger partial charge in [0.2, 0.25) is 0 Å². The predicted octanol–water partition coefficient (Wildman–Crippen LogP) is 3.40. The van der Waals surface area contributed by atoms with Crippen LogP contribution in [0.15, 0.2) is 45.6 Å². The lowest BCUT2D eigenvalue weighted by Gasteiger charge is -2.25. The number of hydrogen-bond acceptors (Lipinski definition) is 6. The summed E-state index contributed by atoms with van der Waals surface area (Å²) in [5.74, 6) is 0.607. The van der Waals surface area contributed by atoms with Crippen LogP contribution < -0.4 is 14.9 Å². The van der Waals surface area contributed by atoms with Crippen molar-refractivity contribution in [2.45, 2.75) is 18.4 Å². The fourth-order valence-corrected chi connectivity index (χ4v) is 4.37. The summed E-state index contributed by atoms with van der Waals surface area (Å²) in [6, 6.07) is 8.79. The van der Waals surface area contributed by atoms with Crippen molar-refractivity contribution in [3.63, 3.8) is 0 Å².